The molecule has 0 aliphatic carbocycles. The lowest BCUT2D eigenvalue weighted by Gasteiger charge is -2.28. The van der Waals surface area contributed by atoms with E-state index in [1.54, 1.807) is 45.2 Å². The van der Waals surface area contributed by atoms with Crippen molar-refractivity contribution in [3.63, 3.8) is 0 Å². The van der Waals surface area contributed by atoms with Gasteiger partial charge in [-0.1, -0.05) is 43.6 Å². The minimum atomic E-state index is -3.97. The number of benzene rings is 3. The Morgan fingerprint density at radius 2 is 1.86 bits per heavy atom. The van der Waals surface area contributed by atoms with E-state index in [9.17, 15) is 27.7 Å². The quantitative estimate of drug-likeness (QED) is 0.222. The van der Waals surface area contributed by atoms with Crippen LogP contribution in [0.5, 0.6) is 11.5 Å². The minimum Gasteiger partial charge on any atom is -0.457 e. The van der Waals surface area contributed by atoms with E-state index in [0.29, 0.717) is 17.1 Å². The van der Waals surface area contributed by atoms with E-state index in [2.05, 4.69) is 5.32 Å². The van der Waals surface area contributed by atoms with Crippen LogP contribution in [0.4, 0.5) is 15.8 Å². The topological polar surface area (TPSA) is 131 Å². The van der Waals surface area contributed by atoms with Crippen molar-refractivity contribution in [3.8, 4) is 11.5 Å². The smallest absolute Gasteiger partial charge is 0.293 e. The Hall–Kier alpha value is -3.78. The number of nitro benzene ring substituents is 1. The molecule has 1 amide bonds. The average Bonchev–Trinajstić information content (AvgIpc) is 2.98. The van der Waals surface area contributed by atoms with Crippen LogP contribution in [0.1, 0.15) is 19.4 Å². The van der Waals surface area contributed by atoms with Gasteiger partial charge in [-0.05, 0) is 36.2 Å². The molecule has 1 saturated heterocycles. The Labute approximate surface area is 254 Å². The molecule has 14 heteroatoms. The molecule has 0 radical (unpaired) electrons. The standard InChI is InChI=1S/C29H32ClFN4O7S/c1-19(2)28(32-25-11-9-22(17-26(25)35(37)38)43(39,40)34-12-14-41-15-13-34)29(36)33(3)18-20-6-4-5-7-27(20)42-21-8-10-24(31)23(30)16-21/h4-11,16-17,19,28,32H,12-15,18H2,1-3H3/t28-/m0/s1. The van der Waals surface area contributed by atoms with Crippen molar-refractivity contribution < 1.29 is 32.0 Å². The molecule has 1 fully saturated rings. The summed E-state index contributed by atoms with van der Waals surface area (Å²) in [5, 5.41) is 14.9. The van der Waals surface area contributed by atoms with Crippen LogP contribution < -0.4 is 10.1 Å². The first-order valence-corrected chi connectivity index (χ1v) is 15.3. The van der Waals surface area contributed by atoms with Crippen LogP contribution in [0.25, 0.3) is 0 Å². The molecule has 3 aromatic carbocycles. The van der Waals surface area contributed by atoms with Gasteiger partial charge in [0.15, 0.2) is 0 Å². The number of sulfonamides is 1. The molecule has 1 N–H and O–H groups in total. The molecule has 230 valence electrons. The Balaban J connectivity index is 1.54. The number of nitro groups is 1. The first-order chi connectivity index (χ1) is 20.4. The number of morpholine rings is 1. The van der Waals surface area contributed by atoms with Crippen LogP contribution in [0.3, 0.4) is 0 Å². The Kier molecular flexibility index (Phi) is 10.2. The SMILES string of the molecule is CC(C)[C@H](Nc1ccc(S(=O)(=O)N2CCOCC2)cc1[N+](=O)[O-])C(=O)N(C)Cc1ccccc1Oc1ccc(F)c(Cl)c1. The predicted octanol–water partition coefficient (Wildman–Crippen LogP) is 5.30. The summed E-state index contributed by atoms with van der Waals surface area (Å²) in [5.74, 6) is -0.464. The second kappa shape index (κ2) is 13.7. The molecule has 11 nitrogen and oxygen atoms in total. The molecule has 1 aliphatic rings. The second-order valence-corrected chi connectivity index (χ2v) is 12.6. The molecule has 0 saturated carbocycles. The van der Waals surface area contributed by atoms with E-state index in [-0.39, 0.29) is 60.3 Å². The average molecular weight is 635 g/mol. The fourth-order valence-corrected chi connectivity index (χ4v) is 6.13. The van der Waals surface area contributed by atoms with E-state index >= 15 is 0 Å². The zero-order valence-corrected chi connectivity index (χ0v) is 25.4. The van der Waals surface area contributed by atoms with E-state index < -0.39 is 32.5 Å². The highest BCUT2D eigenvalue weighted by atomic mass is 35.5. The number of hydrogen-bond donors (Lipinski definition) is 1. The molecule has 0 aromatic heterocycles. The number of likely N-dealkylation sites (N-methyl/N-ethyl adjacent to an activating group) is 1. The van der Waals surface area contributed by atoms with Crippen molar-refractivity contribution in [2.24, 2.45) is 5.92 Å². The van der Waals surface area contributed by atoms with Crippen molar-refractivity contribution in [1.82, 2.24) is 9.21 Å². The molecule has 0 bridgehead atoms. The fourth-order valence-electron chi connectivity index (χ4n) is 4.53. The van der Waals surface area contributed by atoms with Gasteiger partial charge >= 0.3 is 0 Å². The number of ether oxygens (including phenoxy) is 2. The molecular formula is C29H32ClFN4O7S. The van der Waals surface area contributed by atoms with Gasteiger partial charge in [-0.25, -0.2) is 12.8 Å². The largest absolute Gasteiger partial charge is 0.457 e. The number of halogens is 2. The van der Waals surface area contributed by atoms with Gasteiger partial charge in [-0.2, -0.15) is 4.31 Å². The van der Waals surface area contributed by atoms with Crippen LogP contribution in [0.2, 0.25) is 5.02 Å². The normalized spacial score (nSPS) is 14.7. The molecule has 4 rings (SSSR count). The molecule has 1 aliphatic heterocycles. The summed E-state index contributed by atoms with van der Waals surface area (Å²) in [4.78, 5) is 26.2. The lowest BCUT2D eigenvalue weighted by molar-refractivity contribution is -0.384. The van der Waals surface area contributed by atoms with Gasteiger partial charge in [0.2, 0.25) is 15.9 Å². The fraction of sp³-hybridized carbons (Fsp3) is 0.345. The zero-order chi connectivity index (χ0) is 31.3. The summed E-state index contributed by atoms with van der Waals surface area (Å²) in [6.45, 7) is 4.50. The maximum absolute atomic E-state index is 13.6. The molecule has 0 unspecified atom stereocenters. The Morgan fingerprint density at radius 1 is 1.16 bits per heavy atom. The Bertz CT molecular complexity index is 1600. The molecule has 1 atom stereocenters. The van der Waals surface area contributed by atoms with E-state index in [1.807, 2.05) is 0 Å². The summed E-state index contributed by atoms with van der Waals surface area (Å²) in [6, 6.07) is 13.7. The summed E-state index contributed by atoms with van der Waals surface area (Å²) in [7, 11) is -2.37. The van der Waals surface area contributed by atoms with Gasteiger partial charge in [0.1, 0.15) is 29.0 Å². The summed E-state index contributed by atoms with van der Waals surface area (Å²) < 4.78 is 52.1. The van der Waals surface area contributed by atoms with Crippen LogP contribution >= 0.6 is 11.6 Å². The highest BCUT2D eigenvalue weighted by Crippen LogP contribution is 2.32. The summed E-state index contributed by atoms with van der Waals surface area (Å²) in [6.07, 6.45) is 0. The number of hydrogen-bond acceptors (Lipinski definition) is 8. The maximum Gasteiger partial charge on any atom is 0.293 e. The van der Waals surface area contributed by atoms with E-state index in [0.717, 1.165) is 6.07 Å². The van der Waals surface area contributed by atoms with E-state index in [1.165, 1.54) is 39.5 Å². The number of amides is 1. The van der Waals surface area contributed by atoms with Crippen molar-refractivity contribution in [1.29, 1.82) is 0 Å². The molecular weight excluding hydrogens is 603 g/mol. The van der Waals surface area contributed by atoms with Gasteiger partial charge in [0.25, 0.3) is 5.69 Å². The van der Waals surface area contributed by atoms with Crippen LogP contribution in [0.15, 0.2) is 65.6 Å². The Morgan fingerprint density at radius 3 is 2.51 bits per heavy atom. The minimum absolute atomic E-state index is 0.0169. The first kappa shape index (κ1) is 32.1. The summed E-state index contributed by atoms with van der Waals surface area (Å²) in [5.41, 5.74) is 0.209. The monoisotopic (exact) mass is 634 g/mol. The number of nitrogens with one attached hydrogen (secondary N) is 1. The third-order valence-electron chi connectivity index (χ3n) is 6.89. The second-order valence-electron chi connectivity index (χ2n) is 10.3. The first-order valence-electron chi connectivity index (χ1n) is 13.5. The molecule has 1 heterocycles. The molecule has 0 spiro atoms. The maximum atomic E-state index is 13.6. The van der Waals surface area contributed by atoms with Crippen molar-refractivity contribution >= 4 is 38.9 Å². The van der Waals surface area contributed by atoms with Gasteiger partial charge in [0, 0.05) is 44.4 Å². The number of carbonyl (C=O) groups is 1. The van der Waals surface area contributed by atoms with Crippen LogP contribution in [0, 0.1) is 21.8 Å². The highest BCUT2D eigenvalue weighted by molar-refractivity contribution is 7.89. The molecule has 43 heavy (non-hydrogen) atoms. The number of carbonyl (C=O) groups excluding carboxylic acids is 1. The van der Waals surface area contributed by atoms with Gasteiger partial charge in [-0.3, -0.25) is 14.9 Å². The highest BCUT2D eigenvalue weighted by Gasteiger charge is 2.31. The number of nitrogens with zero attached hydrogens (tertiary/aromatic N) is 3. The zero-order valence-electron chi connectivity index (χ0n) is 23.8. The van der Waals surface area contributed by atoms with Crippen molar-refractivity contribution in [2.45, 2.75) is 31.3 Å². The predicted molar refractivity (Wildman–Crippen MR) is 159 cm³/mol. The summed E-state index contributed by atoms with van der Waals surface area (Å²) >= 11 is 5.88. The third kappa shape index (κ3) is 7.60. The molecule has 3 aromatic rings. The third-order valence-corrected chi connectivity index (χ3v) is 9.08. The number of para-hydroxylation sites is 1. The van der Waals surface area contributed by atoms with Crippen LogP contribution in [-0.2, 0) is 26.1 Å². The van der Waals surface area contributed by atoms with Crippen LogP contribution in [-0.4, -0.2) is 67.8 Å². The van der Waals surface area contributed by atoms with Crippen molar-refractivity contribution in [2.75, 3.05) is 38.7 Å². The lowest BCUT2D eigenvalue weighted by Crippen LogP contribution is -2.43. The lowest BCUT2D eigenvalue weighted by atomic mass is 10.0. The number of anilines is 1. The van der Waals surface area contributed by atoms with Gasteiger partial charge in [-0.15, -0.1) is 0 Å². The van der Waals surface area contributed by atoms with Gasteiger partial charge < -0.3 is 19.7 Å². The number of rotatable bonds is 11. The van der Waals surface area contributed by atoms with Crippen molar-refractivity contribution in [3.05, 3.63) is 87.2 Å². The van der Waals surface area contributed by atoms with Gasteiger partial charge in [0.05, 0.1) is 28.1 Å². The van der Waals surface area contributed by atoms with E-state index in [4.69, 9.17) is 21.1 Å².